The average Bonchev–Trinajstić information content (AvgIpc) is 3.01. The minimum atomic E-state index is -0.466. The standard InChI is InChI=1S/C19H19FN4O2/c20-13-7-17(22-10-13)19(26)24-16-5-12(16)9-23-18(25)6-11-8-21-15-4-2-1-3-14(11)15/h1-4,7-8,10,12,16,21-22H,5-6,9H2,(H,23,25)(H,24,26)/t12-,16-/m1/s1. The number of para-hydroxylation sites is 1. The number of carbonyl (C=O) groups excluding carboxylic acids is 2. The number of rotatable bonds is 6. The molecule has 0 aliphatic heterocycles. The van der Waals surface area contributed by atoms with E-state index in [1.807, 2.05) is 30.5 Å². The molecule has 2 heterocycles. The van der Waals surface area contributed by atoms with Crippen LogP contribution in [0.2, 0.25) is 0 Å². The van der Waals surface area contributed by atoms with E-state index in [2.05, 4.69) is 20.6 Å². The van der Waals surface area contributed by atoms with Gasteiger partial charge in [-0.15, -0.1) is 0 Å². The molecule has 134 valence electrons. The Bertz CT molecular complexity index is 961. The number of hydrogen-bond acceptors (Lipinski definition) is 2. The van der Waals surface area contributed by atoms with E-state index in [0.29, 0.717) is 13.0 Å². The fourth-order valence-corrected chi connectivity index (χ4v) is 3.15. The monoisotopic (exact) mass is 354 g/mol. The van der Waals surface area contributed by atoms with E-state index in [4.69, 9.17) is 0 Å². The first-order valence-corrected chi connectivity index (χ1v) is 8.56. The molecule has 0 spiro atoms. The maximum absolute atomic E-state index is 12.9. The van der Waals surface area contributed by atoms with Gasteiger partial charge in [0.2, 0.25) is 5.91 Å². The van der Waals surface area contributed by atoms with Crippen molar-refractivity contribution in [3.8, 4) is 0 Å². The Balaban J connectivity index is 1.24. The third kappa shape index (κ3) is 3.46. The van der Waals surface area contributed by atoms with Gasteiger partial charge in [0.15, 0.2) is 0 Å². The molecule has 2 aromatic heterocycles. The lowest BCUT2D eigenvalue weighted by atomic mass is 10.1. The highest BCUT2D eigenvalue weighted by Gasteiger charge is 2.38. The summed E-state index contributed by atoms with van der Waals surface area (Å²) in [6, 6.07) is 9.04. The molecule has 4 rings (SSSR count). The van der Waals surface area contributed by atoms with Gasteiger partial charge in [0.1, 0.15) is 11.5 Å². The lowest BCUT2D eigenvalue weighted by molar-refractivity contribution is -0.120. The molecule has 1 aromatic carbocycles. The highest BCUT2D eigenvalue weighted by molar-refractivity contribution is 5.93. The van der Waals surface area contributed by atoms with Gasteiger partial charge < -0.3 is 20.6 Å². The van der Waals surface area contributed by atoms with Crippen molar-refractivity contribution in [2.24, 2.45) is 5.92 Å². The first kappa shape index (κ1) is 16.4. The topological polar surface area (TPSA) is 89.8 Å². The van der Waals surface area contributed by atoms with Crippen molar-refractivity contribution in [2.75, 3.05) is 6.54 Å². The van der Waals surface area contributed by atoms with Gasteiger partial charge in [-0.25, -0.2) is 4.39 Å². The van der Waals surface area contributed by atoms with Gasteiger partial charge in [0, 0.05) is 41.9 Å². The Morgan fingerprint density at radius 3 is 2.85 bits per heavy atom. The molecule has 2 atom stereocenters. The Hall–Kier alpha value is -3.09. The molecule has 26 heavy (non-hydrogen) atoms. The van der Waals surface area contributed by atoms with Gasteiger partial charge in [-0.3, -0.25) is 9.59 Å². The fourth-order valence-electron chi connectivity index (χ4n) is 3.15. The van der Waals surface area contributed by atoms with Crippen LogP contribution in [0.1, 0.15) is 22.5 Å². The molecule has 0 saturated heterocycles. The summed E-state index contributed by atoms with van der Waals surface area (Å²) in [5.41, 5.74) is 2.19. The number of benzene rings is 1. The number of fused-ring (bicyclic) bond motifs is 1. The summed E-state index contributed by atoms with van der Waals surface area (Å²) in [5, 5.41) is 6.81. The highest BCUT2D eigenvalue weighted by Crippen LogP contribution is 2.29. The van der Waals surface area contributed by atoms with E-state index < -0.39 is 5.82 Å². The summed E-state index contributed by atoms with van der Waals surface area (Å²) >= 11 is 0. The average molecular weight is 354 g/mol. The van der Waals surface area contributed by atoms with Crippen LogP contribution in [-0.4, -0.2) is 34.4 Å². The van der Waals surface area contributed by atoms with Gasteiger partial charge in [-0.05, 0) is 24.0 Å². The summed E-state index contributed by atoms with van der Waals surface area (Å²) in [6.45, 7) is 0.519. The SMILES string of the molecule is O=C(Cc1c[nH]c2ccccc12)NC[C@H]1C[C@H]1NC(=O)c1cc(F)c[nH]1. The first-order chi connectivity index (χ1) is 12.6. The van der Waals surface area contributed by atoms with Crippen LogP contribution in [0, 0.1) is 11.7 Å². The molecular weight excluding hydrogens is 335 g/mol. The van der Waals surface area contributed by atoms with Gasteiger partial charge >= 0.3 is 0 Å². The van der Waals surface area contributed by atoms with E-state index in [-0.39, 0.29) is 29.5 Å². The third-order valence-electron chi connectivity index (χ3n) is 4.72. The Morgan fingerprint density at radius 2 is 2.04 bits per heavy atom. The predicted molar refractivity (Wildman–Crippen MR) is 95.1 cm³/mol. The number of aromatic amines is 2. The third-order valence-corrected chi connectivity index (χ3v) is 4.72. The molecule has 0 bridgehead atoms. The van der Waals surface area contributed by atoms with Crippen molar-refractivity contribution < 1.29 is 14.0 Å². The predicted octanol–water partition coefficient (Wildman–Crippen LogP) is 2.11. The number of hydrogen-bond donors (Lipinski definition) is 4. The molecule has 3 aromatic rings. The lowest BCUT2D eigenvalue weighted by Gasteiger charge is -2.06. The van der Waals surface area contributed by atoms with Crippen LogP contribution < -0.4 is 10.6 Å². The van der Waals surface area contributed by atoms with Crippen LogP contribution in [0.5, 0.6) is 0 Å². The zero-order valence-corrected chi connectivity index (χ0v) is 14.0. The summed E-state index contributed by atoms with van der Waals surface area (Å²) in [6.07, 6.45) is 4.13. The van der Waals surface area contributed by atoms with E-state index in [1.165, 1.54) is 0 Å². The van der Waals surface area contributed by atoms with E-state index >= 15 is 0 Å². The molecule has 2 amide bonds. The summed E-state index contributed by atoms with van der Waals surface area (Å²) in [5.74, 6) is -0.623. The van der Waals surface area contributed by atoms with Crippen LogP contribution in [0.25, 0.3) is 10.9 Å². The fraction of sp³-hybridized carbons (Fsp3) is 0.263. The maximum Gasteiger partial charge on any atom is 0.268 e. The van der Waals surface area contributed by atoms with Crippen LogP contribution in [0.4, 0.5) is 4.39 Å². The summed E-state index contributed by atoms with van der Waals surface area (Å²) < 4.78 is 12.9. The number of halogens is 1. The molecule has 6 nitrogen and oxygen atoms in total. The quantitative estimate of drug-likeness (QED) is 0.546. The minimum Gasteiger partial charge on any atom is -0.361 e. The second kappa shape index (κ2) is 6.67. The van der Waals surface area contributed by atoms with Crippen molar-refractivity contribution in [1.29, 1.82) is 0 Å². The van der Waals surface area contributed by atoms with Crippen LogP contribution in [-0.2, 0) is 11.2 Å². The van der Waals surface area contributed by atoms with Crippen molar-refractivity contribution in [1.82, 2.24) is 20.6 Å². The summed E-state index contributed by atoms with van der Waals surface area (Å²) in [4.78, 5) is 29.9. The molecule has 1 aliphatic carbocycles. The van der Waals surface area contributed by atoms with Crippen molar-refractivity contribution in [2.45, 2.75) is 18.9 Å². The van der Waals surface area contributed by atoms with Crippen molar-refractivity contribution >= 4 is 22.7 Å². The lowest BCUT2D eigenvalue weighted by Crippen LogP contribution is -2.31. The van der Waals surface area contributed by atoms with Gasteiger partial charge in [-0.2, -0.15) is 0 Å². The van der Waals surface area contributed by atoms with Gasteiger partial charge in [0.25, 0.3) is 5.91 Å². The zero-order valence-electron chi connectivity index (χ0n) is 14.0. The second-order valence-electron chi connectivity index (χ2n) is 6.65. The number of H-pyrrole nitrogens is 2. The Morgan fingerprint density at radius 1 is 1.19 bits per heavy atom. The largest absolute Gasteiger partial charge is 0.361 e. The number of amides is 2. The number of nitrogens with one attached hydrogen (secondary N) is 4. The van der Waals surface area contributed by atoms with Crippen molar-refractivity contribution in [3.63, 3.8) is 0 Å². The molecule has 1 fully saturated rings. The molecule has 0 unspecified atom stereocenters. The normalized spacial score (nSPS) is 18.7. The van der Waals surface area contributed by atoms with Crippen molar-refractivity contribution in [3.05, 3.63) is 59.8 Å². The van der Waals surface area contributed by atoms with E-state index in [0.717, 1.165) is 35.2 Å². The van der Waals surface area contributed by atoms with Gasteiger partial charge in [-0.1, -0.05) is 18.2 Å². The molecule has 7 heteroatoms. The molecule has 4 N–H and O–H groups in total. The molecule has 1 aliphatic rings. The molecular formula is C19H19FN4O2. The van der Waals surface area contributed by atoms with E-state index in [9.17, 15) is 14.0 Å². The van der Waals surface area contributed by atoms with Gasteiger partial charge in [0.05, 0.1) is 6.42 Å². The Kier molecular flexibility index (Phi) is 4.20. The smallest absolute Gasteiger partial charge is 0.268 e. The number of aromatic nitrogens is 2. The van der Waals surface area contributed by atoms with E-state index in [1.54, 1.807) is 0 Å². The minimum absolute atomic E-state index is 0.0160. The van der Waals surface area contributed by atoms with Crippen LogP contribution >= 0.6 is 0 Å². The summed E-state index contributed by atoms with van der Waals surface area (Å²) in [7, 11) is 0. The maximum atomic E-state index is 12.9. The molecule has 1 saturated carbocycles. The van der Waals surface area contributed by atoms with Crippen LogP contribution in [0.15, 0.2) is 42.7 Å². The number of carbonyl (C=O) groups is 2. The van der Waals surface area contributed by atoms with Crippen LogP contribution in [0.3, 0.4) is 0 Å². The molecule has 0 radical (unpaired) electrons. The highest BCUT2D eigenvalue weighted by atomic mass is 19.1. The second-order valence-corrected chi connectivity index (χ2v) is 6.65. The zero-order chi connectivity index (χ0) is 18.1. The Labute approximate surface area is 149 Å². The first-order valence-electron chi connectivity index (χ1n) is 8.56.